The van der Waals surface area contributed by atoms with Gasteiger partial charge in [-0.2, -0.15) is 0 Å². The van der Waals surface area contributed by atoms with Gasteiger partial charge >= 0.3 is 0 Å². The summed E-state index contributed by atoms with van der Waals surface area (Å²) < 4.78 is 26.1. The number of hydrogen-bond donors (Lipinski definition) is 1. The third-order valence-electron chi connectivity index (χ3n) is 4.24. The summed E-state index contributed by atoms with van der Waals surface area (Å²) in [7, 11) is 0. The largest absolute Gasteiger partial charge is 0.353 e. The molecular formula is C16H18F2N2O2. The van der Waals surface area contributed by atoms with Crippen molar-refractivity contribution in [3.63, 3.8) is 0 Å². The molecule has 1 heterocycles. The fourth-order valence-corrected chi connectivity index (χ4v) is 2.70. The van der Waals surface area contributed by atoms with Crippen molar-refractivity contribution in [3.05, 3.63) is 35.4 Å². The number of hydrogen-bond acceptors (Lipinski definition) is 2. The second kappa shape index (κ2) is 6.02. The Morgan fingerprint density at radius 1 is 1.05 bits per heavy atom. The van der Waals surface area contributed by atoms with Gasteiger partial charge in [0.25, 0.3) is 5.91 Å². The van der Waals surface area contributed by atoms with Crippen LogP contribution in [0.25, 0.3) is 0 Å². The zero-order valence-corrected chi connectivity index (χ0v) is 12.1. The molecule has 1 saturated carbocycles. The topological polar surface area (TPSA) is 49.4 Å². The zero-order valence-electron chi connectivity index (χ0n) is 12.1. The van der Waals surface area contributed by atoms with Crippen LogP contribution in [0.1, 0.15) is 36.0 Å². The first-order chi connectivity index (χ1) is 10.5. The van der Waals surface area contributed by atoms with Crippen molar-refractivity contribution in [1.82, 2.24) is 10.2 Å². The van der Waals surface area contributed by atoms with Crippen molar-refractivity contribution in [2.75, 3.05) is 13.1 Å². The van der Waals surface area contributed by atoms with E-state index in [0.717, 1.165) is 25.0 Å². The predicted molar refractivity (Wildman–Crippen MR) is 76.2 cm³/mol. The fourth-order valence-electron chi connectivity index (χ4n) is 2.70. The number of rotatable bonds is 3. The summed E-state index contributed by atoms with van der Waals surface area (Å²) in [4.78, 5) is 25.6. The molecule has 0 bridgehead atoms. The number of benzene rings is 1. The van der Waals surface area contributed by atoms with Crippen LogP contribution in [0.3, 0.4) is 0 Å². The van der Waals surface area contributed by atoms with Crippen LogP contribution in [-0.2, 0) is 4.79 Å². The van der Waals surface area contributed by atoms with Gasteiger partial charge in [-0.1, -0.05) is 0 Å². The van der Waals surface area contributed by atoms with Crippen LogP contribution < -0.4 is 5.32 Å². The fraction of sp³-hybridized carbons (Fsp3) is 0.500. The maximum absolute atomic E-state index is 13.2. The normalized spacial score (nSPS) is 19.1. The Kier molecular flexibility index (Phi) is 4.09. The van der Waals surface area contributed by atoms with Crippen LogP contribution in [0.2, 0.25) is 0 Å². The lowest BCUT2D eigenvalue weighted by Crippen LogP contribution is -2.46. The summed E-state index contributed by atoms with van der Waals surface area (Å²) in [5.41, 5.74) is 0.152. The van der Waals surface area contributed by atoms with Gasteiger partial charge in [-0.15, -0.1) is 0 Å². The molecule has 1 saturated heterocycles. The number of piperidine rings is 1. The maximum atomic E-state index is 13.2. The van der Waals surface area contributed by atoms with E-state index in [9.17, 15) is 18.4 Å². The van der Waals surface area contributed by atoms with Crippen LogP contribution in [0.15, 0.2) is 18.2 Å². The van der Waals surface area contributed by atoms with Gasteiger partial charge in [0.15, 0.2) is 11.6 Å². The summed E-state index contributed by atoms with van der Waals surface area (Å²) >= 11 is 0. The summed E-state index contributed by atoms with van der Waals surface area (Å²) in [6.45, 7) is 1.01. The Balaban J connectivity index is 1.54. The minimum atomic E-state index is -1.02. The van der Waals surface area contributed by atoms with Gasteiger partial charge in [-0.05, 0) is 43.9 Å². The summed E-state index contributed by atoms with van der Waals surface area (Å²) in [5, 5.41) is 3.01. The molecule has 0 aromatic heterocycles. The smallest absolute Gasteiger partial charge is 0.253 e. The molecule has 22 heavy (non-hydrogen) atoms. The molecule has 2 aliphatic rings. The zero-order chi connectivity index (χ0) is 15.7. The molecule has 0 atom stereocenters. The molecule has 3 rings (SSSR count). The van der Waals surface area contributed by atoms with Crippen molar-refractivity contribution in [2.24, 2.45) is 5.92 Å². The first-order valence-electron chi connectivity index (χ1n) is 7.59. The van der Waals surface area contributed by atoms with Crippen LogP contribution >= 0.6 is 0 Å². The number of carbonyl (C=O) groups is 2. The number of amides is 2. The molecule has 1 N–H and O–H groups in total. The Labute approximate surface area is 127 Å². The van der Waals surface area contributed by atoms with E-state index in [1.54, 1.807) is 4.90 Å². The lowest BCUT2D eigenvalue weighted by atomic mass is 10.0. The molecule has 2 amide bonds. The molecule has 118 valence electrons. The third kappa shape index (κ3) is 3.26. The first kappa shape index (κ1) is 14.9. The molecular weight excluding hydrogens is 290 g/mol. The van der Waals surface area contributed by atoms with E-state index in [-0.39, 0.29) is 29.3 Å². The van der Waals surface area contributed by atoms with Gasteiger partial charge in [-0.25, -0.2) is 8.78 Å². The number of nitrogens with zero attached hydrogens (tertiary/aromatic N) is 1. The highest BCUT2D eigenvalue weighted by Gasteiger charge is 2.32. The molecule has 0 spiro atoms. The lowest BCUT2D eigenvalue weighted by Gasteiger charge is -2.32. The highest BCUT2D eigenvalue weighted by molar-refractivity contribution is 5.94. The van der Waals surface area contributed by atoms with Gasteiger partial charge in [-0.3, -0.25) is 9.59 Å². The van der Waals surface area contributed by atoms with Crippen molar-refractivity contribution in [3.8, 4) is 0 Å². The van der Waals surface area contributed by atoms with Gasteiger partial charge < -0.3 is 10.2 Å². The second-order valence-corrected chi connectivity index (χ2v) is 5.98. The molecule has 1 aromatic rings. The Hall–Kier alpha value is -1.98. The van der Waals surface area contributed by atoms with E-state index in [0.29, 0.717) is 25.9 Å². The van der Waals surface area contributed by atoms with Crippen molar-refractivity contribution in [1.29, 1.82) is 0 Å². The SMILES string of the molecule is O=C(NC1CCN(C(=O)c2ccc(F)c(F)c2)CC1)C1CC1. The van der Waals surface area contributed by atoms with Gasteiger partial charge in [0.05, 0.1) is 0 Å². The minimum absolute atomic E-state index is 0.0992. The van der Waals surface area contributed by atoms with Crippen LogP contribution in [0, 0.1) is 17.6 Å². The minimum Gasteiger partial charge on any atom is -0.353 e. The highest BCUT2D eigenvalue weighted by Crippen LogP contribution is 2.29. The average Bonchev–Trinajstić information content (AvgIpc) is 3.35. The molecule has 1 aliphatic heterocycles. The van der Waals surface area contributed by atoms with E-state index < -0.39 is 11.6 Å². The molecule has 1 aromatic carbocycles. The first-order valence-corrected chi connectivity index (χ1v) is 7.59. The Bertz CT molecular complexity index is 594. The van der Waals surface area contributed by atoms with E-state index in [2.05, 4.69) is 5.32 Å². The van der Waals surface area contributed by atoms with Gasteiger partial charge in [0, 0.05) is 30.6 Å². The van der Waals surface area contributed by atoms with Crippen LogP contribution in [0.5, 0.6) is 0 Å². The second-order valence-electron chi connectivity index (χ2n) is 5.98. The van der Waals surface area contributed by atoms with Crippen molar-refractivity contribution < 1.29 is 18.4 Å². The summed E-state index contributed by atoms with van der Waals surface area (Å²) in [5.74, 6) is -1.98. The molecule has 1 aliphatic carbocycles. The van der Waals surface area contributed by atoms with E-state index in [1.165, 1.54) is 6.07 Å². The van der Waals surface area contributed by atoms with E-state index in [1.807, 2.05) is 0 Å². The third-order valence-corrected chi connectivity index (χ3v) is 4.24. The van der Waals surface area contributed by atoms with Crippen LogP contribution in [0.4, 0.5) is 8.78 Å². The molecule has 0 unspecified atom stereocenters. The Morgan fingerprint density at radius 3 is 2.32 bits per heavy atom. The van der Waals surface area contributed by atoms with E-state index in [4.69, 9.17) is 0 Å². The number of halogens is 2. The quantitative estimate of drug-likeness (QED) is 0.929. The number of nitrogens with one attached hydrogen (secondary N) is 1. The standard InChI is InChI=1S/C16H18F2N2O2/c17-13-4-3-11(9-14(13)18)16(22)20-7-5-12(6-8-20)19-15(21)10-1-2-10/h3-4,9-10,12H,1-2,5-8H2,(H,19,21). The summed E-state index contributed by atoms with van der Waals surface area (Å²) in [6, 6.07) is 3.29. The molecule has 4 nitrogen and oxygen atoms in total. The van der Waals surface area contributed by atoms with Crippen LogP contribution in [-0.4, -0.2) is 35.8 Å². The number of carbonyl (C=O) groups excluding carboxylic acids is 2. The van der Waals surface area contributed by atoms with Gasteiger partial charge in [0.1, 0.15) is 0 Å². The van der Waals surface area contributed by atoms with Crippen molar-refractivity contribution in [2.45, 2.75) is 31.7 Å². The summed E-state index contributed by atoms with van der Waals surface area (Å²) in [6.07, 6.45) is 3.32. The van der Waals surface area contributed by atoms with Gasteiger partial charge in [0.2, 0.25) is 5.91 Å². The molecule has 6 heteroatoms. The average molecular weight is 308 g/mol. The number of likely N-dealkylation sites (tertiary alicyclic amines) is 1. The van der Waals surface area contributed by atoms with Crippen molar-refractivity contribution >= 4 is 11.8 Å². The Morgan fingerprint density at radius 2 is 1.73 bits per heavy atom. The predicted octanol–water partition coefficient (Wildman–Crippen LogP) is 2.10. The molecule has 2 fully saturated rings. The lowest BCUT2D eigenvalue weighted by molar-refractivity contribution is -0.123. The maximum Gasteiger partial charge on any atom is 0.253 e. The molecule has 0 radical (unpaired) electrons. The highest BCUT2D eigenvalue weighted by atomic mass is 19.2. The monoisotopic (exact) mass is 308 g/mol. The van der Waals surface area contributed by atoms with E-state index >= 15 is 0 Å².